The molecule has 6 heteroatoms. The number of aliphatic hydroxyl groups excluding tert-OH is 1. The third kappa shape index (κ3) is 3.49. The normalized spacial score (nSPS) is 14.4. The Morgan fingerprint density at radius 2 is 2.12 bits per heavy atom. The lowest BCUT2D eigenvalue weighted by Gasteiger charge is -2.26. The Labute approximate surface area is 141 Å². The lowest BCUT2D eigenvalue weighted by Crippen LogP contribution is -2.33. The van der Waals surface area contributed by atoms with Crippen molar-refractivity contribution in [2.75, 3.05) is 26.3 Å². The SMILES string of the molecule is CCOC(=O)c1nn(Cc2ccccc2)c2c1CN(CCO)CC2. The van der Waals surface area contributed by atoms with Crippen LogP contribution in [0.2, 0.25) is 0 Å². The number of hydrogen-bond acceptors (Lipinski definition) is 5. The molecule has 2 aromatic rings. The number of nitrogens with zero attached hydrogens (tertiary/aromatic N) is 3. The van der Waals surface area contributed by atoms with Gasteiger partial charge < -0.3 is 9.84 Å². The second-order valence-electron chi connectivity index (χ2n) is 5.89. The van der Waals surface area contributed by atoms with Gasteiger partial charge in [0.25, 0.3) is 0 Å². The van der Waals surface area contributed by atoms with Gasteiger partial charge in [-0.2, -0.15) is 5.10 Å². The van der Waals surface area contributed by atoms with Crippen LogP contribution >= 0.6 is 0 Å². The molecule has 0 aliphatic carbocycles. The molecule has 0 saturated carbocycles. The van der Waals surface area contributed by atoms with E-state index in [1.54, 1.807) is 6.92 Å². The maximum Gasteiger partial charge on any atom is 0.359 e. The molecule has 0 unspecified atom stereocenters. The molecule has 0 fully saturated rings. The summed E-state index contributed by atoms with van der Waals surface area (Å²) in [6.45, 7) is 4.97. The van der Waals surface area contributed by atoms with Crippen LogP contribution in [0.4, 0.5) is 0 Å². The predicted octanol–water partition coefficient (Wildman–Crippen LogP) is 1.46. The van der Waals surface area contributed by atoms with Gasteiger partial charge in [-0.1, -0.05) is 30.3 Å². The van der Waals surface area contributed by atoms with Crippen molar-refractivity contribution in [1.29, 1.82) is 0 Å². The summed E-state index contributed by atoms with van der Waals surface area (Å²) in [4.78, 5) is 14.4. The van der Waals surface area contributed by atoms with Gasteiger partial charge in [-0.25, -0.2) is 4.79 Å². The molecular formula is C18H23N3O3. The van der Waals surface area contributed by atoms with E-state index in [0.29, 0.717) is 31.9 Å². The van der Waals surface area contributed by atoms with Crippen LogP contribution in [0, 0.1) is 0 Å². The molecule has 0 amide bonds. The molecule has 3 rings (SSSR count). The lowest BCUT2D eigenvalue weighted by atomic mass is 10.0. The average Bonchev–Trinajstić information content (AvgIpc) is 2.94. The third-order valence-corrected chi connectivity index (χ3v) is 4.27. The Bertz CT molecular complexity index is 697. The van der Waals surface area contributed by atoms with E-state index < -0.39 is 0 Å². The fourth-order valence-electron chi connectivity index (χ4n) is 3.13. The number of aliphatic hydroxyl groups is 1. The Morgan fingerprint density at radius 1 is 1.33 bits per heavy atom. The Morgan fingerprint density at radius 3 is 2.83 bits per heavy atom. The van der Waals surface area contributed by atoms with Crippen LogP contribution < -0.4 is 0 Å². The van der Waals surface area contributed by atoms with Gasteiger partial charge in [0.05, 0.1) is 19.8 Å². The van der Waals surface area contributed by atoms with Crippen molar-refractivity contribution in [3.8, 4) is 0 Å². The maximum atomic E-state index is 12.3. The highest BCUT2D eigenvalue weighted by Gasteiger charge is 2.28. The minimum atomic E-state index is -0.369. The quantitative estimate of drug-likeness (QED) is 0.813. The van der Waals surface area contributed by atoms with E-state index in [4.69, 9.17) is 4.74 Å². The number of benzene rings is 1. The first-order valence-electron chi connectivity index (χ1n) is 8.35. The van der Waals surface area contributed by atoms with Gasteiger partial charge >= 0.3 is 5.97 Å². The summed E-state index contributed by atoms with van der Waals surface area (Å²) in [6, 6.07) is 10.1. The van der Waals surface area contributed by atoms with Gasteiger partial charge in [-0.15, -0.1) is 0 Å². The van der Waals surface area contributed by atoms with E-state index in [-0.39, 0.29) is 12.6 Å². The fourth-order valence-corrected chi connectivity index (χ4v) is 3.13. The van der Waals surface area contributed by atoms with Crippen LogP contribution in [0.25, 0.3) is 0 Å². The summed E-state index contributed by atoms with van der Waals surface area (Å²) in [5, 5.41) is 13.7. The molecule has 24 heavy (non-hydrogen) atoms. The zero-order valence-corrected chi connectivity index (χ0v) is 13.9. The van der Waals surface area contributed by atoms with Gasteiger partial charge in [0.1, 0.15) is 0 Å². The Balaban J connectivity index is 1.93. The van der Waals surface area contributed by atoms with Crippen LogP contribution in [-0.2, 0) is 24.2 Å². The van der Waals surface area contributed by atoms with Crippen molar-refractivity contribution in [2.24, 2.45) is 0 Å². The number of hydrogen-bond donors (Lipinski definition) is 1. The summed E-state index contributed by atoms with van der Waals surface area (Å²) >= 11 is 0. The smallest absolute Gasteiger partial charge is 0.359 e. The minimum absolute atomic E-state index is 0.113. The van der Waals surface area contributed by atoms with Gasteiger partial charge in [-0.3, -0.25) is 9.58 Å². The second-order valence-corrected chi connectivity index (χ2v) is 5.89. The molecule has 1 aliphatic rings. The molecule has 0 spiro atoms. The van der Waals surface area contributed by atoms with Gasteiger partial charge in [0.2, 0.25) is 0 Å². The molecular weight excluding hydrogens is 306 g/mol. The summed E-state index contributed by atoms with van der Waals surface area (Å²) in [7, 11) is 0. The van der Waals surface area contributed by atoms with Crippen LogP contribution in [0.3, 0.4) is 0 Å². The average molecular weight is 329 g/mol. The maximum absolute atomic E-state index is 12.3. The zero-order chi connectivity index (χ0) is 16.9. The second kappa shape index (κ2) is 7.59. The number of ether oxygens (including phenoxy) is 1. The number of carbonyl (C=O) groups excluding carboxylic acids is 1. The largest absolute Gasteiger partial charge is 0.461 e. The van der Waals surface area contributed by atoms with Crippen molar-refractivity contribution >= 4 is 5.97 Å². The van der Waals surface area contributed by atoms with Crippen LogP contribution in [0.5, 0.6) is 0 Å². The summed E-state index contributed by atoms with van der Waals surface area (Å²) in [5.74, 6) is -0.369. The Hall–Kier alpha value is -2.18. The van der Waals surface area contributed by atoms with E-state index in [1.165, 1.54) is 0 Å². The standard InChI is InChI=1S/C18H23N3O3/c1-2-24-18(23)17-15-13-20(10-11-22)9-8-16(15)21(19-17)12-14-6-4-3-5-7-14/h3-7,22H,2,8-13H2,1H3. The van der Waals surface area contributed by atoms with Gasteiger partial charge in [0.15, 0.2) is 5.69 Å². The van der Waals surface area contributed by atoms with Crippen molar-refractivity contribution < 1.29 is 14.6 Å². The monoisotopic (exact) mass is 329 g/mol. The van der Waals surface area contributed by atoms with Crippen molar-refractivity contribution in [3.05, 3.63) is 52.8 Å². The van der Waals surface area contributed by atoms with Gasteiger partial charge in [-0.05, 0) is 12.5 Å². The molecule has 2 heterocycles. The molecule has 0 bridgehead atoms. The predicted molar refractivity (Wildman–Crippen MR) is 89.8 cm³/mol. The number of rotatable bonds is 6. The first-order valence-corrected chi connectivity index (χ1v) is 8.35. The Kier molecular flexibility index (Phi) is 5.27. The van der Waals surface area contributed by atoms with Gasteiger partial charge in [0, 0.05) is 37.3 Å². The van der Waals surface area contributed by atoms with E-state index in [2.05, 4.69) is 22.1 Å². The highest BCUT2D eigenvalue weighted by atomic mass is 16.5. The highest BCUT2D eigenvalue weighted by molar-refractivity contribution is 5.89. The van der Waals surface area contributed by atoms with E-state index in [9.17, 15) is 9.90 Å². The summed E-state index contributed by atoms with van der Waals surface area (Å²) < 4.78 is 7.09. The topological polar surface area (TPSA) is 67.6 Å². The molecule has 0 radical (unpaired) electrons. The number of aromatic nitrogens is 2. The van der Waals surface area contributed by atoms with E-state index >= 15 is 0 Å². The first-order chi connectivity index (χ1) is 11.7. The summed E-state index contributed by atoms with van der Waals surface area (Å²) in [6.07, 6.45) is 0.814. The first kappa shape index (κ1) is 16.7. The number of β-amino-alcohol motifs (C(OH)–C–C–N with tert-alkyl or cyclic N) is 1. The van der Waals surface area contributed by atoms with E-state index in [0.717, 1.165) is 29.8 Å². The molecule has 6 nitrogen and oxygen atoms in total. The molecule has 1 aromatic heterocycles. The van der Waals surface area contributed by atoms with E-state index in [1.807, 2.05) is 22.9 Å². The molecule has 1 aromatic carbocycles. The van der Waals surface area contributed by atoms with Crippen LogP contribution in [-0.4, -0.2) is 52.1 Å². The van der Waals surface area contributed by atoms with Crippen LogP contribution in [0.15, 0.2) is 30.3 Å². The molecule has 128 valence electrons. The third-order valence-electron chi connectivity index (χ3n) is 4.27. The minimum Gasteiger partial charge on any atom is -0.461 e. The number of fused-ring (bicyclic) bond motifs is 1. The van der Waals surface area contributed by atoms with Crippen molar-refractivity contribution in [3.63, 3.8) is 0 Å². The highest BCUT2D eigenvalue weighted by Crippen LogP contribution is 2.24. The molecule has 1 aliphatic heterocycles. The van der Waals surface area contributed by atoms with Crippen molar-refractivity contribution in [1.82, 2.24) is 14.7 Å². The fraction of sp³-hybridized carbons (Fsp3) is 0.444. The summed E-state index contributed by atoms with van der Waals surface area (Å²) in [5.41, 5.74) is 3.58. The molecule has 0 atom stereocenters. The lowest BCUT2D eigenvalue weighted by molar-refractivity contribution is 0.0515. The number of carbonyl (C=O) groups is 1. The molecule has 1 N–H and O–H groups in total. The van der Waals surface area contributed by atoms with Crippen LogP contribution in [0.1, 0.15) is 34.2 Å². The molecule has 0 saturated heterocycles. The zero-order valence-electron chi connectivity index (χ0n) is 13.9. The van der Waals surface area contributed by atoms with Crippen molar-refractivity contribution in [2.45, 2.75) is 26.4 Å². The number of esters is 1.